The maximum atomic E-state index is 4.66. The molecule has 0 bridgehead atoms. The molecular weight excluding hydrogens is 248 g/mol. The third kappa shape index (κ3) is 2.75. The number of aromatic nitrogens is 3. The Kier molecular flexibility index (Phi) is 4.11. The van der Waals surface area contributed by atoms with Crippen LogP contribution in [0, 0.1) is 0 Å². The molecule has 1 aliphatic rings. The van der Waals surface area contributed by atoms with E-state index in [-0.39, 0.29) is 0 Å². The predicted octanol–water partition coefficient (Wildman–Crippen LogP) is 3.09. The van der Waals surface area contributed by atoms with Gasteiger partial charge in [0.1, 0.15) is 5.82 Å². The molecule has 0 fully saturated rings. The molecule has 106 valence electrons. The first kappa shape index (κ1) is 13.3. The Morgan fingerprint density at radius 2 is 2.30 bits per heavy atom. The Hall–Kier alpha value is -1.68. The van der Waals surface area contributed by atoms with Crippen LogP contribution in [0.1, 0.15) is 49.3 Å². The molecule has 1 aliphatic carbocycles. The van der Waals surface area contributed by atoms with Gasteiger partial charge in [-0.25, -0.2) is 4.98 Å². The zero-order valence-corrected chi connectivity index (χ0v) is 12.0. The van der Waals surface area contributed by atoms with Crippen molar-refractivity contribution in [2.24, 2.45) is 0 Å². The predicted molar refractivity (Wildman–Crippen MR) is 79.2 cm³/mol. The van der Waals surface area contributed by atoms with Crippen LogP contribution < -0.4 is 0 Å². The highest BCUT2D eigenvalue weighted by Gasteiger charge is 2.27. The van der Waals surface area contributed by atoms with Gasteiger partial charge in [-0.15, -0.1) is 0 Å². The molecule has 0 spiro atoms. The molecule has 0 amide bonds. The fourth-order valence-electron chi connectivity index (χ4n) is 3.15. The highest BCUT2D eigenvalue weighted by molar-refractivity contribution is 5.25. The number of aromatic amines is 1. The average Bonchev–Trinajstić information content (AvgIpc) is 2.99. The Labute approximate surface area is 120 Å². The number of aryl methyl sites for hydroxylation is 1. The second-order valence-electron chi connectivity index (χ2n) is 5.46. The lowest BCUT2D eigenvalue weighted by atomic mass is 9.90. The van der Waals surface area contributed by atoms with Gasteiger partial charge in [0.2, 0.25) is 0 Å². The second-order valence-corrected chi connectivity index (χ2v) is 5.46. The zero-order chi connectivity index (χ0) is 13.8. The Balaban J connectivity index is 1.84. The van der Waals surface area contributed by atoms with Crippen LogP contribution in [0.2, 0.25) is 0 Å². The number of nitrogens with one attached hydrogen (secondary N) is 1. The Morgan fingerprint density at radius 1 is 1.35 bits per heavy atom. The molecule has 2 aromatic rings. The fraction of sp³-hybridized carbons (Fsp3) is 0.500. The lowest BCUT2D eigenvalue weighted by Crippen LogP contribution is -2.32. The molecule has 2 heterocycles. The summed E-state index contributed by atoms with van der Waals surface area (Å²) in [4.78, 5) is 14.8. The molecule has 0 saturated carbocycles. The molecule has 4 heteroatoms. The quantitative estimate of drug-likeness (QED) is 0.908. The summed E-state index contributed by atoms with van der Waals surface area (Å²) < 4.78 is 0. The molecule has 0 radical (unpaired) electrons. The van der Waals surface area contributed by atoms with Crippen LogP contribution in [0.4, 0.5) is 0 Å². The summed E-state index contributed by atoms with van der Waals surface area (Å²) in [6.45, 7) is 4.19. The van der Waals surface area contributed by atoms with Gasteiger partial charge < -0.3 is 4.98 Å². The lowest BCUT2D eigenvalue weighted by Gasteiger charge is -2.34. The average molecular weight is 270 g/mol. The molecule has 4 nitrogen and oxygen atoms in total. The van der Waals surface area contributed by atoms with E-state index in [1.165, 1.54) is 30.5 Å². The summed E-state index contributed by atoms with van der Waals surface area (Å²) in [6.07, 6.45) is 10.4. The Bertz CT molecular complexity index is 535. The number of pyridine rings is 1. The van der Waals surface area contributed by atoms with Crippen molar-refractivity contribution in [2.75, 3.05) is 6.54 Å². The zero-order valence-electron chi connectivity index (χ0n) is 12.0. The van der Waals surface area contributed by atoms with E-state index in [0.29, 0.717) is 6.04 Å². The van der Waals surface area contributed by atoms with E-state index in [2.05, 4.69) is 38.9 Å². The summed E-state index contributed by atoms with van der Waals surface area (Å²) in [7, 11) is 0. The van der Waals surface area contributed by atoms with Crippen LogP contribution >= 0.6 is 0 Å². The number of rotatable bonds is 5. The number of imidazole rings is 1. The van der Waals surface area contributed by atoms with E-state index < -0.39 is 0 Å². The maximum absolute atomic E-state index is 4.66. The molecule has 0 aliphatic heterocycles. The molecule has 3 rings (SSSR count). The van der Waals surface area contributed by atoms with Crippen molar-refractivity contribution in [1.29, 1.82) is 0 Å². The SMILES string of the molecule is CCCN(Cc1ncc[nH]1)C1CCCc2cccnc21. The van der Waals surface area contributed by atoms with E-state index >= 15 is 0 Å². The van der Waals surface area contributed by atoms with Crippen LogP contribution in [0.25, 0.3) is 0 Å². The standard InChI is InChI=1S/C16H22N4/c1-2-11-20(12-15-17-9-10-18-15)14-7-3-5-13-6-4-8-19-16(13)14/h4,6,8-10,14H,2-3,5,7,11-12H2,1H3,(H,17,18). The fourth-order valence-corrected chi connectivity index (χ4v) is 3.15. The molecule has 1 unspecified atom stereocenters. The number of hydrogen-bond acceptors (Lipinski definition) is 3. The molecular formula is C16H22N4. The largest absolute Gasteiger partial charge is 0.348 e. The Morgan fingerprint density at radius 3 is 3.10 bits per heavy atom. The van der Waals surface area contributed by atoms with Crippen molar-refractivity contribution >= 4 is 0 Å². The topological polar surface area (TPSA) is 44.8 Å². The van der Waals surface area contributed by atoms with Crippen LogP contribution in [0.15, 0.2) is 30.7 Å². The van der Waals surface area contributed by atoms with E-state index in [1.54, 1.807) is 0 Å². The van der Waals surface area contributed by atoms with Gasteiger partial charge in [0, 0.05) is 18.6 Å². The summed E-state index contributed by atoms with van der Waals surface area (Å²) in [6, 6.07) is 4.72. The number of H-pyrrole nitrogens is 1. The van der Waals surface area contributed by atoms with Crippen molar-refractivity contribution in [3.63, 3.8) is 0 Å². The van der Waals surface area contributed by atoms with Crippen molar-refractivity contribution in [3.8, 4) is 0 Å². The molecule has 1 atom stereocenters. The van der Waals surface area contributed by atoms with Crippen LogP contribution in [0.3, 0.4) is 0 Å². The maximum Gasteiger partial charge on any atom is 0.120 e. The van der Waals surface area contributed by atoms with Crippen molar-refractivity contribution in [2.45, 2.75) is 45.2 Å². The second kappa shape index (κ2) is 6.18. The summed E-state index contributed by atoms with van der Waals surface area (Å²) in [5, 5.41) is 0. The van der Waals surface area contributed by atoms with Gasteiger partial charge in [-0.05, 0) is 43.9 Å². The number of nitrogens with zero attached hydrogens (tertiary/aromatic N) is 3. The van der Waals surface area contributed by atoms with Gasteiger partial charge in [-0.2, -0.15) is 0 Å². The summed E-state index contributed by atoms with van der Waals surface area (Å²) in [5.41, 5.74) is 2.70. The first-order chi connectivity index (χ1) is 9.88. The van der Waals surface area contributed by atoms with Gasteiger partial charge >= 0.3 is 0 Å². The lowest BCUT2D eigenvalue weighted by molar-refractivity contribution is 0.162. The molecule has 2 aromatic heterocycles. The van der Waals surface area contributed by atoms with Crippen LogP contribution in [-0.4, -0.2) is 26.4 Å². The van der Waals surface area contributed by atoms with Gasteiger partial charge in [0.25, 0.3) is 0 Å². The van der Waals surface area contributed by atoms with Gasteiger partial charge in [0.05, 0.1) is 18.3 Å². The van der Waals surface area contributed by atoms with Crippen molar-refractivity contribution < 1.29 is 0 Å². The smallest absolute Gasteiger partial charge is 0.120 e. The minimum Gasteiger partial charge on any atom is -0.348 e. The minimum absolute atomic E-state index is 0.435. The summed E-state index contributed by atoms with van der Waals surface area (Å²) >= 11 is 0. The molecule has 20 heavy (non-hydrogen) atoms. The third-order valence-electron chi connectivity index (χ3n) is 4.02. The van der Waals surface area contributed by atoms with E-state index in [9.17, 15) is 0 Å². The van der Waals surface area contributed by atoms with Gasteiger partial charge in [-0.1, -0.05) is 13.0 Å². The highest BCUT2D eigenvalue weighted by Crippen LogP contribution is 2.33. The normalized spacial score (nSPS) is 18.2. The highest BCUT2D eigenvalue weighted by atomic mass is 15.2. The molecule has 1 N–H and O–H groups in total. The number of fused-ring (bicyclic) bond motifs is 1. The van der Waals surface area contributed by atoms with E-state index in [0.717, 1.165) is 25.3 Å². The first-order valence-corrected chi connectivity index (χ1v) is 7.54. The first-order valence-electron chi connectivity index (χ1n) is 7.54. The van der Waals surface area contributed by atoms with Crippen LogP contribution in [-0.2, 0) is 13.0 Å². The van der Waals surface area contributed by atoms with E-state index in [1.807, 2.05) is 18.6 Å². The van der Waals surface area contributed by atoms with Crippen molar-refractivity contribution in [1.82, 2.24) is 19.9 Å². The number of hydrogen-bond donors (Lipinski definition) is 1. The van der Waals surface area contributed by atoms with Crippen LogP contribution in [0.5, 0.6) is 0 Å². The minimum atomic E-state index is 0.435. The summed E-state index contributed by atoms with van der Waals surface area (Å²) in [5.74, 6) is 1.04. The van der Waals surface area contributed by atoms with E-state index in [4.69, 9.17) is 0 Å². The monoisotopic (exact) mass is 270 g/mol. The third-order valence-corrected chi connectivity index (χ3v) is 4.02. The van der Waals surface area contributed by atoms with Crippen molar-refractivity contribution in [3.05, 3.63) is 47.8 Å². The van der Waals surface area contributed by atoms with Gasteiger partial charge in [0.15, 0.2) is 0 Å². The van der Waals surface area contributed by atoms with Gasteiger partial charge in [-0.3, -0.25) is 9.88 Å². The molecule has 0 saturated heterocycles. The molecule has 0 aromatic carbocycles.